The molecule has 0 bridgehead atoms. The van der Waals surface area contributed by atoms with Gasteiger partial charge in [0.1, 0.15) is 0 Å². The van der Waals surface area contributed by atoms with Gasteiger partial charge < -0.3 is 5.32 Å². The summed E-state index contributed by atoms with van der Waals surface area (Å²) in [6.07, 6.45) is 0.973. The molecule has 2 atom stereocenters. The van der Waals surface area contributed by atoms with E-state index in [1.165, 1.54) is 12.5 Å². The quantitative estimate of drug-likeness (QED) is 0.790. The summed E-state index contributed by atoms with van der Waals surface area (Å²) in [6, 6.07) is 7.71. The monoisotopic (exact) mass is 313 g/mol. The molecule has 1 aromatic carbocycles. The van der Waals surface area contributed by atoms with Crippen LogP contribution >= 0.6 is 0 Å². The summed E-state index contributed by atoms with van der Waals surface area (Å²) >= 11 is 0. The summed E-state index contributed by atoms with van der Waals surface area (Å²) in [5.41, 5.74) is 2.01. The third-order valence-corrected chi connectivity index (χ3v) is 4.32. The Kier molecular flexibility index (Phi) is 5.92. The number of carbonyl (C=O) groups is 1. The van der Waals surface area contributed by atoms with Crippen molar-refractivity contribution in [3.05, 3.63) is 35.4 Å². The van der Waals surface area contributed by atoms with Crippen LogP contribution < -0.4 is 5.32 Å². The summed E-state index contributed by atoms with van der Waals surface area (Å²) < 4.78 is 30.7. The van der Waals surface area contributed by atoms with Crippen molar-refractivity contribution in [3.63, 3.8) is 0 Å². The van der Waals surface area contributed by atoms with Gasteiger partial charge in [0, 0.05) is 0 Å². The van der Waals surface area contributed by atoms with Crippen LogP contribution in [-0.2, 0) is 21.3 Å². The average Bonchev–Trinajstić information content (AvgIpc) is 2.36. The summed E-state index contributed by atoms with van der Waals surface area (Å²) in [5.74, 6) is -0.355. The molecule has 118 valence electrons. The van der Waals surface area contributed by atoms with Crippen LogP contribution in [0.15, 0.2) is 24.3 Å². The molecule has 0 radical (unpaired) electrons. The number of amides is 1. The Balaban J connectivity index is 2.74. The van der Waals surface area contributed by atoms with Crippen molar-refractivity contribution in [1.82, 2.24) is 5.32 Å². The minimum absolute atomic E-state index is 0.434. The molecule has 1 rings (SSSR count). The van der Waals surface area contributed by atoms with Gasteiger partial charge >= 0.3 is 0 Å². The SMILES string of the molecule is CC(C)Cc1ccc(C(C)C(=O)NC(C)S(=O)(=O)O)cc1. The highest BCUT2D eigenvalue weighted by atomic mass is 32.2. The third-order valence-electron chi connectivity index (χ3n) is 3.31. The van der Waals surface area contributed by atoms with Crippen LogP contribution in [0.25, 0.3) is 0 Å². The van der Waals surface area contributed by atoms with E-state index in [1.807, 2.05) is 24.3 Å². The van der Waals surface area contributed by atoms with E-state index in [4.69, 9.17) is 4.55 Å². The van der Waals surface area contributed by atoms with Gasteiger partial charge in [-0.05, 0) is 37.3 Å². The van der Waals surface area contributed by atoms with Crippen LogP contribution in [0.4, 0.5) is 0 Å². The highest BCUT2D eigenvalue weighted by Crippen LogP contribution is 2.18. The maximum atomic E-state index is 12.0. The maximum Gasteiger partial charge on any atom is 0.285 e. The minimum Gasteiger partial charge on any atom is -0.337 e. The molecule has 6 heteroatoms. The lowest BCUT2D eigenvalue weighted by atomic mass is 9.96. The Morgan fingerprint density at radius 2 is 1.67 bits per heavy atom. The first-order chi connectivity index (χ1) is 9.61. The molecular formula is C15H23NO4S. The smallest absolute Gasteiger partial charge is 0.285 e. The Morgan fingerprint density at radius 1 is 1.14 bits per heavy atom. The van der Waals surface area contributed by atoms with E-state index in [1.54, 1.807) is 6.92 Å². The molecule has 1 amide bonds. The van der Waals surface area contributed by atoms with Gasteiger partial charge in [-0.15, -0.1) is 0 Å². The van der Waals surface area contributed by atoms with Gasteiger partial charge in [-0.2, -0.15) is 8.42 Å². The topological polar surface area (TPSA) is 83.5 Å². The molecule has 0 aliphatic rings. The Labute approximate surface area is 126 Å². The summed E-state index contributed by atoms with van der Waals surface area (Å²) in [5, 5.41) is 0.976. The van der Waals surface area contributed by atoms with Gasteiger partial charge in [-0.1, -0.05) is 38.1 Å². The predicted octanol–water partition coefficient (Wildman–Crippen LogP) is 2.34. The standard InChI is InChI=1S/C15H23NO4S/c1-10(2)9-13-5-7-14(8-6-13)11(3)15(17)16-12(4)21(18,19)20/h5-8,10-12H,9H2,1-4H3,(H,16,17)(H,18,19,20). The maximum absolute atomic E-state index is 12.0. The van der Waals surface area contributed by atoms with Crippen molar-refractivity contribution in [1.29, 1.82) is 0 Å². The lowest BCUT2D eigenvalue weighted by Gasteiger charge is -2.16. The molecular weight excluding hydrogens is 290 g/mol. The van der Waals surface area contributed by atoms with Gasteiger partial charge in [0.2, 0.25) is 5.91 Å². The van der Waals surface area contributed by atoms with Gasteiger partial charge in [-0.25, -0.2) is 0 Å². The fourth-order valence-electron chi connectivity index (χ4n) is 1.96. The normalized spacial score (nSPS) is 14.8. The zero-order valence-electron chi connectivity index (χ0n) is 12.8. The van der Waals surface area contributed by atoms with Gasteiger partial charge in [0.25, 0.3) is 10.1 Å². The van der Waals surface area contributed by atoms with Crippen molar-refractivity contribution < 1.29 is 17.8 Å². The number of benzene rings is 1. The van der Waals surface area contributed by atoms with E-state index in [0.717, 1.165) is 12.0 Å². The van der Waals surface area contributed by atoms with Crippen LogP contribution in [0.3, 0.4) is 0 Å². The zero-order valence-corrected chi connectivity index (χ0v) is 13.6. The van der Waals surface area contributed by atoms with Gasteiger partial charge in [-0.3, -0.25) is 9.35 Å². The van der Waals surface area contributed by atoms with E-state index in [2.05, 4.69) is 19.2 Å². The Bertz CT molecular complexity index is 578. The molecule has 0 fully saturated rings. The molecule has 0 heterocycles. The van der Waals surface area contributed by atoms with E-state index in [-0.39, 0.29) is 0 Å². The first-order valence-corrected chi connectivity index (χ1v) is 8.47. The molecule has 0 spiro atoms. The molecule has 0 aliphatic heterocycles. The summed E-state index contributed by atoms with van der Waals surface area (Å²) in [6.45, 7) is 7.20. The number of carbonyl (C=O) groups excluding carboxylic acids is 1. The summed E-state index contributed by atoms with van der Waals surface area (Å²) in [7, 11) is -4.27. The van der Waals surface area contributed by atoms with Crippen molar-refractivity contribution in [2.24, 2.45) is 5.92 Å². The first-order valence-electron chi connectivity index (χ1n) is 6.96. The minimum atomic E-state index is -4.27. The molecule has 5 nitrogen and oxygen atoms in total. The van der Waals surface area contributed by atoms with Crippen molar-refractivity contribution >= 4 is 16.0 Å². The molecule has 2 N–H and O–H groups in total. The number of hydrogen-bond donors (Lipinski definition) is 2. The lowest BCUT2D eigenvalue weighted by molar-refractivity contribution is -0.122. The molecule has 0 saturated heterocycles. The molecule has 0 saturated carbocycles. The molecule has 21 heavy (non-hydrogen) atoms. The fourth-order valence-corrected chi connectivity index (χ4v) is 2.23. The van der Waals surface area contributed by atoms with Crippen molar-refractivity contribution in [2.45, 2.75) is 45.4 Å². The fraction of sp³-hybridized carbons (Fsp3) is 0.533. The van der Waals surface area contributed by atoms with Crippen LogP contribution in [0.2, 0.25) is 0 Å². The highest BCUT2D eigenvalue weighted by molar-refractivity contribution is 7.86. The largest absolute Gasteiger partial charge is 0.337 e. The molecule has 1 aromatic rings. The number of rotatable bonds is 6. The lowest BCUT2D eigenvalue weighted by Crippen LogP contribution is -2.40. The predicted molar refractivity (Wildman–Crippen MR) is 82.6 cm³/mol. The Hall–Kier alpha value is -1.40. The van der Waals surface area contributed by atoms with Crippen LogP contribution in [0.1, 0.15) is 44.7 Å². The van der Waals surface area contributed by atoms with Crippen molar-refractivity contribution in [3.8, 4) is 0 Å². The second-order valence-electron chi connectivity index (χ2n) is 5.73. The third kappa shape index (κ3) is 5.47. The van der Waals surface area contributed by atoms with E-state index in [9.17, 15) is 13.2 Å². The highest BCUT2D eigenvalue weighted by Gasteiger charge is 2.23. The van der Waals surface area contributed by atoms with E-state index < -0.39 is 27.3 Å². The summed E-state index contributed by atoms with van der Waals surface area (Å²) in [4.78, 5) is 12.0. The van der Waals surface area contributed by atoms with Gasteiger partial charge in [0.15, 0.2) is 5.37 Å². The molecule has 0 aromatic heterocycles. The number of hydrogen-bond acceptors (Lipinski definition) is 3. The second-order valence-corrected chi connectivity index (χ2v) is 7.46. The van der Waals surface area contributed by atoms with Crippen LogP contribution in [0, 0.1) is 5.92 Å². The Morgan fingerprint density at radius 3 is 2.10 bits per heavy atom. The van der Waals surface area contributed by atoms with E-state index >= 15 is 0 Å². The van der Waals surface area contributed by atoms with E-state index in [0.29, 0.717) is 5.92 Å². The average molecular weight is 313 g/mol. The van der Waals surface area contributed by atoms with Crippen LogP contribution in [-0.4, -0.2) is 24.3 Å². The number of nitrogens with one attached hydrogen (secondary N) is 1. The van der Waals surface area contributed by atoms with Crippen LogP contribution in [0.5, 0.6) is 0 Å². The van der Waals surface area contributed by atoms with Gasteiger partial charge in [0.05, 0.1) is 5.92 Å². The molecule has 0 aliphatic carbocycles. The molecule has 2 unspecified atom stereocenters. The van der Waals surface area contributed by atoms with Crippen molar-refractivity contribution in [2.75, 3.05) is 0 Å². The first kappa shape index (κ1) is 17.7. The second kappa shape index (κ2) is 7.04. The zero-order chi connectivity index (χ0) is 16.2.